The van der Waals surface area contributed by atoms with E-state index >= 15 is 0 Å². The van der Waals surface area contributed by atoms with E-state index in [1.54, 1.807) is 13.0 Å². The molecule has 0 aromatic heterocycles. The number of benzene rings is 1. The fourth-order valence-corrected chi connectivity index (χ4v) is 2.97. The monoisotopic (exact) mass is 306 g/mol. The van der Waals surface area contributed by atoms with Gasteiger partial charge in [-0.15, -0.1) is 0 Å². The number of carbonyl (C=O) groups excluding carboxylic acids is 1. The Balaban J connectivity index is 2.34. The summed E-state index contributed by atoms with van der Waals surface area (Å²) in [5.74, 6) is -1.86. The van der Waals surface area contributed by atoms with Crippen molar-refractivity contribution >= 4 is 17.6 Å². The van der Waals surface area contributed by atoms with Gasteiger partial charge in [0.15, 0.2) is 0 Å². The maximum atomic E-state index is 12.7. The Kier molecular flexibility index (Phi) is 4.44. The summed E-state index contributed by atoms with van der Waals surface area (Å²) in [6.45, 7) is 3.71. The maximum Gasteiger partial charge on any atom is 0.308 e. The van der Waals surface area contributed by atoms with Gasteiger partial charge in [0.1, 0.15) is 0 Å². The van der Waals surface area contributed by atoms with Crippen molar-refractivity contribution in [1.29, 1.82) is 0 Å². The van der Waals surface area contributed by atoms with Crippen LogP contribution in [0.5, 0.6) is 0 Å². The molecule has 1 aliphatic heterocycles. The molecule has 2 rings (SSSR count). The van der Waals surface area contributed by atoms with Crippen molar-refractivity contribution in [3.8, 4) is 0 Å². The first-order valence-electron chi connectivity index (χ1n) is 7.12. The summed E-state index contributed by atoms with van der Waals surface area (Å²) >= 11 is 0. The molecule has 0 aliphatic carbocycles. The number of nitro benzene ring substituents is 1. The first-order chi connectivity index (χ1) is 10.3. The molecule has 118 valence electrons. The smallest absolute Gasteiger partial charge is 0.308 e. The zero-order chi connectivity index (χ0) is 16.4. The van der Waals surface area contributed by atoms with E-state index in [1.165, 1.54) is 24.0 Å². The molecule has 1 N–H and O–H groups in total. The van der Waals surface area contributed by atoms with Gasteiger partial charge in [0.25, 0.3) is 11.6 Å². The van der Waals surface area contributed by atoms with Gasteiger partial charge in [-0.25, -0.2) is 0 Å². The Morgan fingerprint density at radius 3 is 2.68 bits per heavy atom. The molecule has 1 heterocycles. The van der Waals surface area contributed by atoms with Crippen LogP contribution >= 0.6 is 0 Å². The molecule has 7 heteroatoms. The molecule has 1 aromatic rings. The summed E-state index contributed by atoms with van der Waals surface area (Å²) in [4.78, 5) is 35.9. The van der Waals surface area contributed by atoms with E-state index < -0.39 is 22.9 Å². The molecule has 0 unspecified atom stereocenters. The van der Waals surface area contributed by atoms with Crippen LogP contribution in [0, 0.1) is 23.0 Å². The van der Waals surface area contributed by atoms with Crippen LogP contribution in [0.2, 0.25) is 0 Å². The molecule has 22 heavy (non-hydrogen) atoms. The average molecular weight is 306 g/mol. The number of amides is 1. The predicted molar refractivity (Wildman–Crippen MR) is 78.7 cm³/mol. The summed E-state index contributed by atoms with van der Waals surface area (Å²) < 4.78 is 0. The molecule has 0 saturated carbocycles. The number of likely N-dealkylation sites (tertiary alicyclic amines) is 1. The third-order valence-corrected chi connectivity index (χ3v) is 4.30. The SMILES string of the molecule is Cc1c(C(=O)N2CCC[C@@H](C(=O)O)[C@H]2C)cccc1[N+](=O)[O-]. The van der Waals surface area contributed by atoms with E-state index in [2.05, 4.69) is 0 Å². The molecule has 2 atom stereocenters. The van der Waals surface area contributed by atoms with Crippen molar-refractivity contribution in [2.24, 2.45) is 5.92 Å². The lowest BCUT2D eigenvalue weighted by atomic mass is 9.89. The molecule has 7 nitrogen and oxygen atoms in total. The summed E-state index contributed by atoms with van der Waals surface area (Å²) in [5.41, 5.74) is 0.458. The van der Waals surface area contributed by atoms with Gasteiger partial charge in [-0.1, -0.05) is 6.07 Å². The third kappa shape index (κ3) is 2.79. The van der Waals surface area contributed by atoms with E-state index in [0.29, 0.717) is 24.9 Å². The van der Waals surface area contributed by atoms with Crippen molar-refractivity contribution in [3.05, 3.63) is 39.4 Å². The molecule has 1 aliphatic rings. The number of hydrogen-bond acceptors (Lipinski definition) is 4. The summed E-state index contributed by atoms with van der Waals surface area (Å²) in [6, 6.07) is 3.94. The molecular formula is C15H18N2O5. The highest BCUT2D eigenvalue weighted by molar-refractivity contribution is 5.97. The maximum absolute atomic E-state index is 12.7. The van der Waals surface area contributed by atoms with E-state index in [-0.39, 0.29) is 17.2 Å². The first-order valence-corrected chi connectivity index (χ1v) is 7.12. The lowest BCUT2D eigenvalue weighted by molar-refractivity contribution is -0.385. The molecule has 1 fully saturated rings. The number of nitrogens with zero attached hydrogens (tertiary/aromatic N) is 2. The quantitative estimate of drug-likeness (QED) is 0.681. The second kappa shape index (κ2) is 6.13. The highest BCUT2D eigenvalue weighted by Gasteiger charge is 2.36. The fraction of sp³-hybridized carbons (Fsp3) is 0.467. The molecule has 1 aromatic carbocycles. The topological polar surface area (TPSA) is 101 Å². The van der Waals surface area contributed by atoms with Crippen LogP contribution in [0.25, 0.3) is 0 Å². The fourth-order valence-electron chi connectivity index (χ4n) is 2.97. The Bertz CT molecular complexity index is 628. The van der Waals surface area contributed by atoms with Crippen LogP contribution in [0.15, 0.2) is 18.2 Å². The van der Waals surface area contributed by atoms with Gasteiger partial charge in [0, 0.05) is 29.8 Å². The van der Waals surface area contributed by atoms with Gasteiger partial charge in [-0.2, -0.15) is 0 Å². The summed E-state index contributed by atoms with van der Waals surface area (Å²) in [6.07, 6.45) is 1.15. The van der Waals surface area contributed by atoms with Crippen molar-refractivity contribution < 1.29 is 19.6 Å². The molecule has 1 amide bonds. The van der Waals surface area contributed by atoms with E-state index in [0.717, 1.165) is 0 Å². The summed E-state index contributed by atoms with van der Waals surface area (Å²) in [5, 5.41) is 20.2. The van der Waals surface area contributed by atoms with Crippen molar-refractivity contribution in [3.63, 3.8) is 0 Å². The largest absolute Gasteiger partial charge is 0.481 e. The lowest BCUT2D eigenvalue weighted by Crippen LogP contribution is -2.49. The van der Waals surface area contributed by atoms with Crippen LogP contribution in [0.3, 0.4) is 0 Å². The molecule has 1 saturated heterocycles. The Labute approximate surface area is 127 Å². The first kappa shape index (κ1) is 15.9. The number of carboxylic acid groups (broad SMARTS) is 1. The highest BCUT2D eigenvalue weighted by Crippen LogP contribution is 2.28. The van der Waals surface area contributed by atoms with Crippen LogP contribution in [0.4, 0.5) is 5.69 Å². The normalized spacial score (nSPS) is 21.5. The predicted octanol–water partition coefficient (Wildman–Crippen LogP) is 2.23. The minimum atomic E-state index is -0.916. The Morgan fingerprint density at radius 2 is 2.09 bits per heavy atom. The van der Waals surface area contributed by atoms with Gasteiger partial charge >= 0.3 is 5.97 Å². The number of hydrogen-bond donors (Lipinski definition) is 1. The second-order valence-electron chi connectivity index (χ2n) is 5.53. The van der Waals surface area contributed by atoms with Crippen molar-refractivity contribution in [1.82, 2.24) is 4.90 Å². The minimum absolute atomic E-state index is 0.106. The molecule has 0 radical (unpaired) electrons. The zero-order valence-electron chi connectivity index (χ0n) is 12.5. The van der Waals surface area contributed by atoms with Crippen LogP contribution in [-0.2, 0) is 4.79 Å². The van der Waals surface area contributed by atoms with Crippen molar-refractivity contribution in [2.45, 2.75) is 32.7 Å². The van der Waals surface area contributed by atoms with Gasteiger partial charge in [0.2, 0.25) is 0 Å². The molecular weight excluding hydrogens is 288 g/mol. The minimum Gasteiger partial charge on any atom is -0.481 e. The number of nitro groups is 1. The van der Waals surface area contributed by atoms with Gasteiger partial charge in [-0.05, 0) is 32.8 Å². The number of aliphatic carboxylic acids is 1. The Hall–Kier alpha value is -2.44. The number of rotatable bonds is 3. The third-order valence-electron chi connectivity index (χ3n) is 4.30. The number of carboxylic acids is 1. The average Bonchev–Trinajstić information content (AvgIpc) is 2.46. The molecule has 0 bridgehead atoms. The standard InChI is InChI=1S/C15H18N2O5/c1-9-11(5-3-7-13(9)17(21)22)14(18)16-8-4-6-12(10(16)2)15(19)20/h3,5,7,10,12H,4,6,8H2,1-2H3,(H,19,20)/t10-,12-/m1/s1. The zero-order valence-corrected chi connectivity index (χ0v) is 12.5. The van der Waals surface area contributed by atoms with Crippen LogP contribution < -0.4 is 0 Å². The number of carbonyl (C=O) groups is 2. The van der Waals surface area contributed by atoms with E-state index in [4.69, 9.17) is 0 Å². The van der Waals surface area contributed by atoms with E-state index in [9.17, 15) is 24.8 Å². The Morgan fingerprint density at radius 1 is 1.41 bits per heavy atom. The lowest BCUT2D eigenvalue weighted by Gasteiger charge is -2.37. The second-order valence-corrected chi connectivity index (χ2v) is 5.53. The summed E-state index contributed by atoms with van der Waals surface area (Å²) in [7, 11) is 0. The van der Waals surface area contributed by atoms with Crippen LogP contribution in [0.1, 0.15) is 35.7 Å². The van der Waals surface area contributed by atoms with Gasteiger partial charge in [-0.3, -0.25) is 19.7 Å². The van der Waals surface area contributed by atoms with Crippen LogP contribution in [-0.4, -0.2) is 39.4 Å². The molecule has 0 spiro atoms. The van der Waals surface area contributed by atoms with Crippen molar-refractivity contribution in [2.75, 3.05) is 6.54 Å². The highest BCUT2D eigenvalue weighted by atomic mass is 16.6. The number of piperidine rings is 1. The van der Waals surface area contributed by atoms with Gasteiger partial charge in [0.05, 0.1) is 10.8 Å². The van der Waals surface area contributed by atoms with E-state index in [1.807, 2.05) is 0 Å². The van der Waals surface area contributed by atoms with Gasteiger partial charge < -0.3 is 10.0 Å².